The molecule has 0 N–H and O–H groups in total. The molecule has 2 aliphatic rings. The Bertz CT molecular complexity index is 524. The molecule has 5 heteroatoms. The molecule has 0 unspecified atom stereocenters. The van der Waals surface area contributed by atoms with Gasteiger partial charge in [0.05, 0.1) is 0 Å². The monoisotopic (exact) mass is 320 g/mol. The molecule has 4 nitrogen and oxygen atoms in total. The van der Waals surface area contributed by atoms with Crippen molar-refractivity contribution in [1.82, 2.24) is 9.80 Å². The van der Waals surface area contributed by atoms with E-state index in [0.29, 0.717) is 18.3 Å². The highest BCUT2D eigenvalue weighted by atomic mass is 19.1. The normalized spacial score (nSPS) is 20.0. The number of nitrogens with zero attached hydrogens (tertiary/aromatic N) is 2. The maximum absolute atomic E-state index is 13.5. The average molecular weight is 320 g/mol. The number of carbonyl (C=O) groups is 1. The Balaban J connectivity index is 1.37. The highest BCUT2D eigenvalue weighted by Crippen LogP contribution is 2.22. The minimum absolute atomic E-state index is 0.192. The zero-order valence-electron chi connectivity index (χ0n) is 13.5. The predicted octanol–water partition coefficient (Wildman–Crippen LogP) is 2.54. The molecule has 0 aromatic heterocycles. The third kappa shape index (κ3) is 4.22. The number of ether oxygens (including phenoxy) is 1. The van der Waals surface area contributed by atoms with Crippen LogP contribution in [-0.4, -0.2) is 55.0 Å². The summed E-state index contributed by atoms with van der Waals surface area (Å²) in [5.74, 6) is 0.538. The number of carbonyl (C=O) groups excluding carboxylic acids is 1. The van der Waals surface area contributed by atoms with Crippen molar-refractivity contribution < 1.29 is 13.9 Å². The minimum Gasteiger partial charge on any atom is -0.489 e. The van der Waals surface area contributed by atoms with E-state index >= 15 is 0 Å². The molecule has 3 rings (SSSR count). The molecule has 23 heavy (non-hydrogen) atoms. The van der Waals surface area contributed by atoms with Gasteiger partial charge in [0.25, 0.3) is 0 Å². The van der Waals surface area contributed by atoms with Gasteiger partial charge < -0.3 is 9.64 Å². The van der Waals surface area contributed by atoms with Gasteiger partial charge in [0.1, 0.15) is 6.61 Å². The summed E-state index contributed by atoms with van der Waals surface area (Å²) in [5, 5.41) is 0. The Labute approximate surface area is 137 Å². The summed E-state index contributed by atoms with van der Waals surface area (Å²) in [7, 11) is 0. The van der Waals surface area contributed by atoms with E-state index in [-0.39, 0.29) is 11.7 Å². The van der Waals surface area contributed by atoms with Gasteiger partial charge in [-0.25, -0.2) is 4.39 Å². The topological polar surface area (TPSA) is 32.8 Å². The standard InChI is InChI=1S/C18H25FN2O2/c19-16-5-1-2-6-17(16)23-14-13-20-11-7-15(8-12-20)18(22)21-9-3-4-10-21/h1-2,5-6,15H,3-4,7-14H2. The first-order chi connectivity index (χ1) is 11.2. The second-order valence-corrected chi connectivity index (χ2v) is 6.43. The van der Waals surface area contributed by atoms with Gasteiger partial charge in [-0.15, -0.1) is 0 Å². The summed E-state index contributed by atoms with van der Waals surface area (Å²) in [6, 6.07) is 6.49. The van der Waals surface area contributed by atoms with Crippen molar-refractivity contribution in [3.8, 4) is 5.75 Å². The molecule has 1 aromatic carbocycles. The molecule has 0 spiro atoms. The highest BCUT2D eigenvalue weighted by Gasteiger charge is 2.29. The quantitative estimate of drug-likeness (QED) is 0.836. The van der Waals surface area contributed by atoms with Crippen LogP contribution in [0.3, 0.4) is 0 Å². The van der Waals surface area contributed by atoms with Gasteiger partial charge in [-0.1, -0.05) is 12.1 Å². The zero-order chi connectivity index (χ0) is 16.1. The van der Waals surface area contributed by atoms with Crippen LogP contribution in [0, 0.1) is 11.7 Å². The average Bonchev–Trinajstić information content (AvgIpc) is 3.11. The molecule has 2 heterocycles. The molecule has 2 aliphatic heterocycles. The SMILES string of the molecule is O=C(C1CCN(CCOc2ccccc2F)CC1)N1CCCC1. The molecule has 1 aromatic rings. The number of benzene rings is 1. The second-order valence-electron chi connectivity index (χ2n) is 6.43. The van der Waals surface area contributed by atoms with Gasteiger partial charge >= 0.3 is 0 Å². The van der Waals surface area contributed by atoms with Crippen LogP contribution in [0.1, 0.15) is 25.7 Å². The van der Waals surface area contributed by atoms with E-state index in [2.05, 4.69) is 4.90 Å². The van der Waals surface area contributed by atoms with Gasteiger partial charge in [0.15, 0.2) is 11.6 Å². The second kappa shape index (κ2) is 7.77. The fourth-order valence-corrected chi connectivity index (χ4v) is 3.45. The molecular formula is C18H25FN2O2. The molecular weight excluding hydrogens is 295 g/mol. The molecule has 126 valence electrons. The van der Waals surface area contributed by atoms with E-state index in [1.165, 1.54) is 6.07 Å². The Hall–Kier alpha value is -1.62. The number of halogens is 1. The molecule has 1 amide bonds. The van der Waals surface area contributed by atoms with Crippen LogP contribution < -0.4 is 4.74 Å². The van der Waals surface area contributed by atoms with Gasteiger partial charge in [0.2, 0.25) is 5.91 Å². The van der Waals surface area contributed by atoms with Crippen molar-refractivity contribution in [1.29, 1.82) is 0 Å². The smallest absolute Gasteiger partial charge is 0.225 e. The number of hydrogen-bond donors (Lipinski definition) is 0. The van der Waals surface area contributed by atoms with Crippen LogP contribution in [-0.2, 0) is 4.79 Å². The zero-order valence-corrected chi connectivity index (χ0v) is 13.5. The van der Waals surface area contributed by atoms with Crippen LogP contribution in [0.4, 0.5) is 4.39 Å². The van der Waals surface area contributed by atoms with Crippen molar-refractivity contribution in [2.24, 2.45) is 5.92 Å². The van der Waals surface area contributed by atoms with Crippen LogP contribution in [0.5, 0.6) is 5.75 Å². The van der Waals surface area contributed by atoms with Crippen molar-refractivity contribution >= 4 is 5.91 Å². The number of para-hydroxylation sites is 1. The molecule has 2 saturated heterocycles. The van der Waals surface area contributed by atoms with Gasteiger partial charge in [-0.3, -0.25) is 9.69 Å². The predicted molar refractivity (Wildman–Crippen MR) is 86.9 cm³/mol. The Morgan fingerprint density at radius 3 is 2.52 bits per heavy atom. The van der Waals surface area contributed by atoms with Crippen molar-refractivity contribution in [3.63, 3.8) is 0 Å². The summed E-state index contributed by atoms with van der Waals surface area (Å²) in [6.45, 7) is 4.98. The van der Waals surface area contributed by atoms with E-state index in [1.807, 2.05) is 4.90 Å². The number of hydrogen-bond acceptors (Lipinski definition) is 3. The van der Waals surface area contributed by atoms with E-state index in [9.17, 15) is 9.18 Å². The Kier molecular flexibility index (Phi) is 5.49. The highest BCUT2D eigenvalue weighted by molar-refractivity contribution is 5.79. The largest absolute Gasteiger partial charge is 0.489 e. The van der Waals surface area contributed by atoms with Crippen LogP contribution >= 0.6 is 0 Å². The van der Waals surface area contributed by atoms with Gasteiger partial charge in [-0.05, 0) is 50.9 Å². The van der Waals surface area contributed by atoms with E-state index < -0.39 is 0 Å². The van der Waals surface area contributed by atoms with Gasteiger partial charge in [-0.2, -0.15) is 0 Å². The lowest BCUT2D eigenvalue weighted by atomic mass is 9.95. The van der Waals surface area contributed by atoms with Gasteiger partial charge in [0, 0.05) is 25.6 Å². The number of likely N-dealkylation sites (tertiary alicyclic amines) is 2. The van der Waals surface area contributed by atoms with Crippen LogP contribution in [0.15, 0.2) is 24.3 Å². The Morgan fingerprint density at radius 1 is 1.13 bits per heavy atom. The summed E-state index contributed by atoms with van der Waals surface area (Å²) in [6.07, 6.45) is 4.15. The molecule has 0 saturated carbocycles. The molecule has 2 fully saturated rings. The first-order valence-electron chi connectivity index (χ1n) is 8.62. The van der Waals surface area contributed by atoms with Crippen LogP contribution in [0.25, 0.3) is 0 Å². The van der Waals surface area contributed by atoms with E-state index in [0.717, 1.165) is 58.4 Å². The number of piperidine rings is 1. The summed E-state index contributed by atoms with van der Waals surface area (Å²) >= 11 is 0. The fraction of sp³-hybridized carbons (Fsp3) is 0.611. The summed E-state index contributed by atoms with van der Waals surface area (Å²) < 4.78 is 19.0. The third-order valence-corrected chi connectivity index (χ3v) is 4.86. The third-order valence-electron chi connectivity index (χ3n) is 4.86. The lowest BCUT2D eigenvalue weighted by Gasteiger charge is -2.33. The minimum atomic E-state index is -0.317. The molecule has 0 bridgehead atoms. The maximum Gasteiger partial charge on any atom is 0.225 e. The first-order valence-corrected chi connectivity index (χ1v) is 8.62. The number of amides is 1. The summed E-state index contributed by atoms with van der Waals surface area (Å²) in [4.78, 5) is 16.7. The van der Waals surface area contributed by atoms with E-state index in [1.54, 1.807) is 18.2 Å². The molecule has 0 atom stereocenters. The lowest BCUT2D eigenvalue weighted by molar-refractivity contribution is -0.136. The van der Waals surface area contributed by atoms with Crippen molar-refractivity contribution in [2.45, 2.75) is 25.7 Å². The first kappa shape index (κ1) is 16.2. The molecule has 0 radical (unpaired) electrons. The Morgan fingerprint density at radius 2 is 1.83 bits per heavy atom. The van der Waals surface area contributed by atoms with Crippen molar-refractivity contribution in [3.05, 3.63) is 30.1 Å². The maximum atomic E-state index is 13.5. The van der Waals surface area contributed by atoms with Crippen molar-refractivity contribution in [2.75, 3.05) is 39.3 Å². The lowest BCUT2D eigenvalue weighted by Crippen LogP contribution is -2.42. The van der Waals surface area contributed by atoms with Crippen LogP contribution in [0.2, 0.25) is 0 Å². The van der Waals surface area contributed by atoms with E-state index in [4.69, 9.17) is 4.74 Å². The molecule has 0 aliphatic carbocycles. The fourth-order valence-electron chi connectivity index (χ4n) is 3.45. The number of rotatable bonds is 5. The summed E-state index contributed by atoms with van der Waals surface area (Å²) in [5.41, 5.74) is 0.